The molecule has 1 aliphatic rings. The largest absolute Gasteiger partial charge is 0.298 e. The summed E-state index contributed by atoms with van der Waals surface area (Å²) in [4.78, 5) is 1.91. The van der Waals surface area contributed by atoms with E-state index in [9.17, 15) is 4.57 Å². The number of hydrogen-bond donors (Lipinski definition) is 1. The first kappa shape index (κ1) is 13.4. The predicted molar refractivity (Wildman–Crippen MR) is 88.2 cm³/mol. The van der Waals surface area contributed by atoms with Crippen LogP contribution >= 0.6 is 19.1 Å². The molecule has 0 radical (unpaired) electrons. The molecule has 3 rings (SSSR count). The lowest BCUT2D eigenvalue weighted by atomic mass is 10.2. The molecule has 1 aliphatic heterocycles. The molecule has 20 heavy (non-hydrogen) atoms. The zero-order valence-electron chi connectivity index (χ0n) is 10.8. The molecule has 0 saturated carbocycles. The Bertz CT molecular complexity index is 663. The molecule has 0 fully saturated rings. The van der Waals surface area contributed by atoms with Gasteiger partial charge in [0, 0.05) is 21.4 Å². The van der Waals surface area contributed by atoms with E-state index >= 15 is 0 Å². The molecule has 0 spiro atoms. The lowest BCUT2D eigenvalue weighted by Crippen LogP contribution is -1.95. The molecule has 2 N–H and O–H groups in total. The summed E-state index contributed by atoms with van der Waals surface area (Å²) in [6, 6.07) is 19.8. The van der Waals surface area contributed by atoms with Gasteiger partial charge in [-0.05, 0) is 11.1 Å². The van der Waals surface area contributed by atoms with E-state index < -0.39 is 7.29 Å². The van der Waals surface area contributed by atoms with Crippen molar-refractivity contribution < 1.29 is 4.57 Å². The van der Waals surface area contributed by atoms with E-state index in [1.54, 1.807) is 23.4 Å². The molecule has 0 bridgehead atoms. The molecule has 0 atom stereocenters. The minimum atomic E-state index is -2.87. The van der Waals surface area contributed by atoms with Gasteiger partial charge in [0.15, 0.2) is 7.29 Å². The summed E-state index contributed by atoms with van der Waals surface area (Å²) < 4.78 is 12.4. The summed E-state index contributed by atoms with van der Waals surface area (Å²) in [5, 5.41) is 0. The van der Waals surface area contributed by atoms with Crippen LogP contribution in [0.2, 0.25) is 0 Å². The third kappa shape index (κ3) is 2.96. The quantitative estimate of drug-likeness (QED) is 0.796. The van der Waals surface area contributed by atoms with E-state index in [0.29, 0.717) is 0 Å². The van der Waals surface area contributed by atoms with Crippen LogP contribution < -0.4 is 5.50 Å². The van der Waals surface area contributed by atoms with Gasteiger partial charge in [0.2, 0.25) is 0 Å². The Kier molecular flexibility index (Phi) is 3.66. The normalized spacial score (nSPS) is 17.2. The van der Waals surface area contributed by atoms with Crippen LogP contribution in [0.25, 0.3) is 9.81 Å². The van der Waals surface area contributed by atoms with Gasteiger partial charge >= 0.3 is 0 Å². The fraction of sp³-hybridized carbons (Fsp3) is 0. The number of hydrogen-bond acceptors (Lipinski definition) is 2. The molecular weight excluding hydrogens is 285 g/mol. The molecule has 100 valence electrons. The van der Waals surface area contributed by atoms with Crippen molar-refractivity contribution in [3.63, 3.8) is 0 Å². The lowest BCUT2D eigenvalue weighted by Gasteiger charge is -2.18. The Morgan fingerprint density at radius 2 is 1.15 bits per heavy atom. The van der Waals surface area contributed by atoms with Crippen LogP contribution in [0.4, 0.5) is 0 Å². The fourth-order valence-electron chi connectivity index (χ4n) is 2.05. The molecule has 0 amide bonds. The van der Waals surface area contributed by atoms with Gasteiger partial charge in [-0.25, -0.2) is 0 Å². The molecule has 0 unspecified atom stereocenters. The first-order valence-corrected chi connectivity index (χ1v) is 8.99. The second-order valence-electron chi connectivity index (χ2n) is 4.58. The van der Waals surface area contributed by atoms with Crippen LogP contribution in [-0.4, -0.2) is 0 Å². The molecule has 0 aromatic heterocycles. The molecule has 2 aromatic rings. The summed E-state index contributed by atoms with van der Waals surface area (Å²) in [5.74, 6) is 3.39. The van der Waals surface area contributed by atoms with E-state index in [-0.39, 0.29) is 0 Å². The van der Waals surface area contributed by atoms with Crippen LogP contribution in [-0.2, 0) is 4.57 Å². The average molecular weight is 299 g/mol. The van der Waals surface area contributed by atoms with Gasteiger partial charge < -0.3 is 0 Å². The third-order valence-corrected chi connectivity index (χ3v) is 5.79. The van der Waals surface area contributed by atoms with Crippen LogP contribution in [0.15, 0.2) is 72.3 Å². The Labute approximate surface area is 122 Å². The van der Waals surface area contributed by atoms with E-state index in [1.165, 1.54) is 0 Å². The van der Waals surface area contributed by atoms with Gasteiger partial charge in [-0.1, -0.05) is 72.4 Å². The first-order valence-electron chi connectivity index (χ1n) is 6.26. The highest BCUT2D eigenvalue weighted by molar-refractivity contribution is 8.17. The van der Waals surface area contributed by atoms with Crippen molar-refractivity contribution in [1.29, 1.82) is 0 Å². The van der Waals surface area contributed by atoms with E-state index in [2.05, 4.69) is 0 Å². The maximum absolute atomic E-state index is 12.4. The van der Waals surface area contributed by atoms with Crippen molar-refractivity contribution in [2.75, 3.05) is 0 Å². The standard InChI is InChI=1S/C16H14NOPS/c17-19(18)11-15(13-7-3-1-4-8-13)20-16(12-19)14-9-5-2-6-10-14/h1-12H,(H2,17,18). The van der Waals surface area contributed by atoms with Gasteiger partial charge in [0.05, 0.1) is 0 Å². The predicted octanol–water partition coefficient (Wildman–Crippen LogP) is 4.97. The van der Waals surface area contributed by atoms with Gasteiger partial charge in [0.1, 0.15) is 0 Å². The molecule has 2 nitrogen and oxygen atoms in total. The number of rotatable bonds is 2. The lowest BCUT2D eigenvalue weighted by molar-refractivity contribution is 0.587. The number of nitrogens with two attached hydrogens (primary N) is 1. The third-order valence-electron chi connectivity index (χ3n) is 2.97. The summed E-state index contributed by atoms with van der Waals surface area (Å²) in [6.07, 6.45) is 0. The molecule has 1 heterocycles. The van der Waals surface area contributed by atoms with E-state index in [1.807, 2.05) is 60.7 Å². The van der Waals surface area contributed by atoms with Crippen LogP contribution in [0, 0.1) is 0 Å². The smallest absolute Gasteiger partial charge is 0.190 e. The molecular formula is C16H14NOPS. The maximum atomic E-state index is 12.4. The highest BCUT2D eigenvalue weighted by Crippen LogP contribution is 2.56. The minimum absolute atomic E-state index is 0.956. The summed E-state index contributed by atoms with van der Waals surface area (Å²) >= 11 is 1.61. The van der Waals surface area contributed by atoms with Crippen molar-refractivity contribution in [3.8, 4) is 0 Å². The van der Waals surface area contributed by atoms with Crippen LogP contribution in [0.3, 0.4) is 0 Å². The molecule has 4 heteroatoms. The average Bonchev–Trinajstić information content (AvgIpc) is 2.47. The number of thioether (sulfide) groups is 1. The van der Waals surface area contributed by atoms with Gasteiger partial charge in [-0.2, -0.15) is 0 Å². The Balaban J connectivity index is 2.02. The van der Waals surface area contributed by atoms with Crippen molar-refractivity contribution in [3.05, 3.63) is 83.4 Å². The van der Waals surface area contributed by atoms with Crippen molar-refractivity contribution in [1.82, 2.24) is 0 Å². The van der Waals surface area contributed by atoms with Crippen molar-refractivity contribution in [2.24, 2.45) is 5.50 Å². The molecule has 0 saturated heterocycles. The second kappa shape index (κ2) is 5.45. The van der Waals surface area contributed by atoms with Crippen LogP contribution in [0.1, 0.15) is 11.1 Å². The van der Waals surface area contributed by atoms with Crippen molar-refractivity contribution >= 4 is 28.9 Å². The van der Waals surface area contributed by atoms with Gasteiger partial charge in [-0.15, -0.1) is 0 Å². The van der Waals surface area contributed by atoms with Crippen molar-refractivity contribution in [2.45, 2.75) is 0 Å². The molecule has 2 aromatic carbocycles. The summed E-state index contributed by atoms with van der Waals surface area (Å²) in [7, 11) is -2.87. The fourth-order valence-corrected chi connectivity index (χ4v) is 5.31. The summed E-state index contributed by atoms with van der Waals surface area (Å²) in [5.41, 5.74) is 8.01. The second-order valence-corrected chi connectivity index (χ2v) is 7.71. The monoisotopic (exact) mass is 299 g/mol. The Morgan fingerprint density at radius 1 is 0.750 bits per heavy atom. The van der Waals surface area contributed by atoms with Crippen LogP contribution in [0.5, 0.6) is 0 Å². The zero-order valence-corrected chi connectivity index (χ0v) is 12.5. The molecule has 0 aliphatic carbocycles. The zero-order chi connectivity index (χ0) is 14.0. The van der Waals surface area contributed by atoms with Gasteiger partial charge in [-0.3, -0.25) is 10.1 Å². The topological polar surface area (TPSA) is 43.1 Å². The van der Waals surface area contributed by atoms with Gasteiger partial charge in [0.25, 0.3) is 0 Å². The van der Waals surface area contributed by atoms with E-state index in [4.69, 9.17) is 5.50 Å². The maximum Gasteiger partial charge on any atom is 0.190 e. The number of benzene rings is 2. The highest BCUT2D eigenvalue weighted by Gasteiger charge is 2.21. The van der Waals surface area contributed by atoms with E-state index in [0.717, 1.165) is 20.9 Å². The summed E-state index contributed by atoms with van der Waals surface area (Å²) in [6.45, 7) is 0. The SMILES string of the molecule is NP1(=O)C=C(c2ccccc2)SC(c2ccccc2)=C1. The first-order chi connectivity index (χ1) is 9.64. The highest BCUT2D eigenvalue weighted by atomic mass is 32.2. The Morgan fingerprint density at radius 3 is 1.55 bits per heavy atom. The Hall–Kier alpha value is -1.54. The minimum Gasteiger partial charge on any atom is -0.298 e.